The van der Waals surface area contributed by atoms with Gasteiger partial charge in [0, 0.05) is 19.6 Å². The SMILES string of the molecule is NCc1cccc(Cl)c1N1CCC(C(F)(F)F)CC1. The average molecular weight is 293 g/mol. The van der Waals surface area contributed by atoms with Crippen molar-refractivity contribution in [2.75, 3.05) is 18.0 Å². The van der Waals surface area contributed by atoms with Crippen LogP contribution in [0.25, 0.3) is 0 Å². The van der Waals surface area contributed by atoms with Crippen LogP contribution in [0.4, 0.5) is 18.9 Å². The van der Waals surface area contributed by atoms with Crippen LogP contribution in [0.2, 0.25) is 5.02 Å². The van der Waals surface area contributed by atoms with Gasteiger partial charge in [-0.3, -0.25) is 0 Å². The Hall–Kier alpha value is -0.940. The fraction of sp³-hybridized carbons (Fsp3) is 0.538. The molecule has 1 aromatic carbocycles. The Morgan fingerprint density at radius 1 is 1.26 bits per heavy atom. The van der Waals surface area contributed by atoms with Crippen molar-refractivity contribution < 1.29 is 13.2 Å². The van der Waals surface area contributed by atoms with Crippen molar-refractivity contribution in [2.45, 2.75) is 25.6 Å². The summed E-state index contributed by atoms with van der Waals surface area (Å²) in [7, 11) is 0. The number of para-hydroxylation sites is 1. The molecule has 1 aromatic rings. The Kier molecular flexibility index (Phi) is 4.26. The third-order valence-corrected chi connectivity index (χ3v) is 3.87. The predicted octanol–water partition coefficient (Wildman–Crippen LogP) is 3.58. The Bertz CT molecular complexity index is 440. The minimum absolute atomic E-state index is 0.110. The molecule has 1 aliphatic heterocycles. The minimum Gasteiger partial charge on any atom is -0.370 e. The molecule has 2 nitrogen and oxygen atoms in total. The molecule has 2 rings (SSSR count). The number of nitrogens with two attached hydrogens (primary N) is 1. The zero-order chi connectivity index (χ0) is 14.0. The summed E-state index contributed by atoms with van der Waals surface area (Å²) in [6.45, 7) is 1.05. The van der Waals surface area contributed by atoms with Gasteiger partial charge in [0.25, 0.3) is 0 Å². The van der Waals surface area contributed by atoms with E-state index in [2.05, 4.69) is 0 Å². The number of benzene rings is 1. The van der Waals surface area contributed by atoms with Gasteiger partial charge in [-0.25, -0.2) is 0 Å². The molecule has 1 aliphatic rings. The van der Waals surface area contributed by atoms with E-state index in [-0.39, 0.29) is 12.8 Å². The second kappa shape index (κ2) is 5.59. The van der Waals surface area contributed by atoms with Gasteiger partial charge < -0.3 is 10.6 Å². The molecule has 2 N–H and O–H groups in total. The molecular weight excluding hydrogens is 277 g/mol. The van der Waals surface area contributed by atoms with Gasteiger partial charge in [-0.2, -0.15) is 13.2 Å². The Morgan fingerprint density at radius 3 is 2.42 bits per heavy atom. The molecule has 0 aliphatic carbocycles. The molecule has 0 unspecified atom stereocenters. The molecule has 0 atom stereocenters. The molecule has 0 saturated carbocycles. The highest BCUT2D eigenvalue weighted by atomic mass is 35.5. The fourth-order valence-electron chi connectivity index (χ4n) is 2.51. The summed E-state index contributed by atoms with van der Waals surface area (Å²) >= 11 is 6.15. The number of rotatable bonds is 2. The van der Waals surface area contributed by atoms with Gasteiger partial charge in [0.15, 0.2) is 0 Å². The van der Waals surface area contributed by atoms with Crippen LogP contribution in [0.1, 0.15) is 18.4 Å². The molecule has 0 radical (unpaired) electrons. The summed E-state index contributed by atoms with van der Waals surface area (Å²) in [6.07, 6.45) is -3.87. The van der Waals surface area contributed by atoms with Gasteiger partial charge in [-0.1, -0.05) is 23.7 Å². The van der Waals surface area contributed by atoms with Crippen LogP contribution in [-0.4, -0.2) is 19.3 Å². The van der Waals surface area contributed by atoms with E-state index in [4.69, 9.17) is 17.3 Å². The zero-order valence-electron chi connectivity index (χ0n) is 10.4. The Labute approximate surface area is 115 Å². The van der Waals surface area contributed by atoms with Crippen LogP contribution in [-0.2, 0) is 6.54 Å². The lowest BCUT2D eigenvalue weighted by Crippen LogP contribution is -2.39. The highest BCUT2D eigenvalue weighted by Gasteiger charge is 2.41. The highest BCUT2D eigenvalue weighted by Crippen LogP contribution is 2.38. The topological polar surface area (TPSA) is 29.3 Å². The van der Waals surface area contributed by atoms with Crippen LogP contribution < -0.4 is 10.6 Å². The Balaban J connectivity index is 2.14. The molecule has 0 amide bonds. The van der Waals surface area contributed by atoms with Crippen molar-refractivity contribution in [1.82, 2.24) is 0 Å². The van der Waals surface area contributed by atoms with E-state index in [1.165, 1.54) is 0 Å². The van der Waals surface area contributed by atoms with Gasteiger partial charge in [0.1, 0.15) is 0 Å². The molecule has 1 fully saturated rings. The first kappa shape index (κ1) is 14.5. The van der Waals surface area contributed by atoms with Gasteiger partial charge in [-0.15, -0.1) is 0 Å². The first-order chi connectivity index (χ1) is 8.93. The average Bonchev–Trinajstić information content (AvgIpc) is 2.37. The maximum atomic E-state index is 12.6. The fourth-order valence-corrected chi connectivity index (χ4v) is 2.82. The smallest absolute Gasteiger partial charge is 0.370 e. The van der Waals surface area contributed by atoms with Crippen LogP contribution in [0.5, 0.6) is 0 Å². The van der Waals surface area contributed by atoms with E-state index in [9.17, 15) is 13.2 Å². The lowest BCUT2D eigenvalue weighted by atomic mass is 9.95. The molecule has 19 heavy (non-hydrogen) atoms. The summed E-state index contributed by atoms with van der Waals surface area (Å²) in [6, 6.07) is 5.40. The Morgan fingerprint density at radius 2 is 1.89 bits per heavy atom. The number of anilines is 1. The van der Waals surface area contributed by atoms with E-state index in [0.717, 1.165) is 11.3 Å². The van der Waals surface area contributed by atoms with E-state index in [0.29, 0.717) is 24.7 Å². The quantitative estimate of drug-likeness (QED) is 0.903. The van der Waals surface area contributed by atoms with Crippen molar-refractivity contribution in [3.8, 4) is 0 Å². The molecule has 6 heteroatoms. The monoisotopic (exact) mass is 292 g/mol. The van der Waals surface area contributed by atoms with Crippen molar-refractivity contribution in [3.63, 3.8) is 0 Å². The first-order valence-electron chi connectivity index (χ1n) is 6.22. The number of alkyl halides is 3. The highest BCUT2D eigenvalue weighted by molar-refractivity contribution is 6.33. The molecule has 1 saturated heterocycles. The number of piperidine rings is 1. The number of nitrogens with zero attached hydrogens (tertiary/aromatic N) is 1. The summed E-state index contributed by atoms with van der Waals surface area (Å²) in [5.41, 5.74) is 7.32. The third kappa shape index (κ3) is 3.15. The van der Waals surface area contributed by atoms with Gasteiger partial charge in [0.05, 0.1) is 16.6 Å². The van der Waals surface area contributed by atoms with E-state index >= 15 is 0 Å². The number of hydrogen-bond acceptors (Lipinski definition) is 2. The molecule has 0 spiro atoms. The lowest BCUT2D eigenvalue weighted by Gasteiger charge is -2.35. The summed E-state index contributed by atoms with van der Waals surface area (Å²) in [5.74, 6) is -1.20. The molecular formula is C13H16ClF3N2. The van der Waals surface area contributed by atoms with Gasteiger partial charge in [0.2, 0.25) is 0 Å². The third-order valence-electron chi connectivity index (χ3n) is 3.56. The van der Waals surface area contributed by atoms with Crippen LogP contribution in [0, 0.1) is 5.92 Å². The first-order valence-corrected chi connectivity index (χ1v) is 6.60. The number of hydrogen-bond donors (Lipinski definition) is 1. The second-order valence-electron chi connectivity index (χ2n) is 4.75. The lowest BCUT2D eigenvalue weighted by molar-refractivity contribution is -0.179. The largest absolute Gasteiger partial charge is 0.391 e. The normalized spacial score (nSPS) is 17.8. The summed E-state index contributed by atoms with van der Waals surface area (Å²) < 4.78 is 37.9. The summed E-state index contributed by atoms with van der Waals surface area (Å²) in [5, 5.41) is 0.549. The van der Waals surface area contributed by atoms with E-state index in [1.807, 2.05) is 11.0 Å². The van der Waals surface area contributed by atoms with E-state index < -0.39 is 12.1 Å². The zero-order valence-corrected chi connectivity index (χ0v) is 11.1. The second-order valence-corrected chi connectivity index (χ2v) is 5.16. The maximum absolute atomic E-state index is 12.6. The summed E-state index contributed by atoms with van der Waals surface area (Å²) in [4.78, 5) is 1.91. The molecule has 106 valence electrons. The van der Waals surface area contributed by atoms with Crippen molar-refractivity contribution in [2.24, 2.45) is 11.7 Å². The number of halogens is 4. The van der Waals surface area contributed by atoms with Crippen molar-refractivity contribution >= 4 is 17.3 Å². The maximum Gasteiger partial charge on any atom is 0.391 e. The molecule has 0 aromatic heterocycles. The van der Waals surface area contributed by atoms with Crippen LogP contribution >= 0.6 is 11.6 Å². The van der Waals surface area contributed by atoms with Gasteiger partial charge >= 0.3 is 6.18 Å². The predicted molar refractivity (Wildman–Crippen MR) is 70.3 cm³/mol. The van der Waals surface area contributed by atoms with E-state index in [1.54, 1.807) is 12.1 Å². The van der Waals surface area contributed by atoms with Crippen molar-refractivity contribution in [3.05, 3.63) is 28.8 Å². The van der Waals surface area contributed by atoms with Crippen LogP contribution in [0.3, 0.4) is 0 Å². The molecule has 0 bridgehead atoms. The van der Waals surface area contributed by atoms with Gasteiger partial charge in [-0.05, 0) is 24.5 Å². The van der Waals surface area contributed by atoms with Crippen molar-refractivity contribution in [1.29, 1.82) is 0 Å². The van der Waals surface area contributed by atoms with Crippen LogP contribution in [0.15, 0.2) is 18.2 Å². The molecule has 1 heterocycles. The standard InChI is InChI=1S/C13H16ClF3N2/c14-11-3-1-2-9(8-18)12(11)19-6-4-10(5-7-19)13(15,16)17/h1-3,10H,4-8,18H2. The minimum atomic E-state index is -4.09.